The fourth-order valence-corrected chi connectivity index (χ4v) is 0.971. The summed E-state index contributed by atoms with van der Waals surface area (Å²) in [5, 5.41) is 4.14. The van der Waals surface area contributed by atoms with Crippen molar-refractivity contribution in [3.8, 4) is 0 Å². The molecule has 0 saturated heterocycles. The average Bonchev–Trinajstić information content (AvgIpc) is 2.36. The monoisotopic (exact) mass is 183 g/mol. The maximum Gasteiger partial charge on any atom is 0.0583 e. The summed E-state index contributed by atoms with van der Waals surface area (Å²) in [7, 11) is 0. The van der Waals surface area contributed by atoms with Gasteiger partial charge in [-0.2, -0.15) is 5.10 Å². The SMILES string of the molecule is CC.Cc1cnn(CC(C)(C)N)c1. The second-order valence-electron chi connectivity index (χ2n) is 3.70. The summed E-state index contributed by atoms with van der Waals surface area (Å²) in [4.78, 5) is 0. The molecule has 3 nitrogen and oxygen atoms in total. The van der Waals surface area contributed by atoms with Gasteiger partial charge < -0.3 is 5.73 Å². The molecule has 0 aliphatic rings. The average molecular weight is 183 g/mol. The zero-order valence-corrected chi connectivity index (χ0v) is 9.33. The first-order chi connectivity index (χ1) is 5.97. The molecule has 1 aromatic rings. The number of rotatable bonds is 2. The molecule has 0 aliphatic heterocycles. The minimum Gasteiger partial charge on any atom is -0.324 e. The summed E-state index contributed by atoms with van der Waals surface area (Å²) in [6, 6.07) is 0. The molecule has 1 heterocycles. The molecule has 0 spiro atoms. The van der Waals surface area contributed by atoms with Gasteiger partial charge >= 0.3 is 0 Å². The molecule has 13 heavy (non-hydrogen) atoms. The van der Waals surface area contributed by atoms with Crippen LogP contribution in [-0.4, -0.2) is 15.3 Å². The van der Waals surface area contributed by atoms with Crippen LogP contribution in [0.1, 0.15) is 33.3 Å². The van der Waals surface area contributed by atoms with Gasteiger partial charge in [0.05, 0.1) is 12.7 Å². The number of aromatic nitrogens is 2. The molecule has 0 radical (unpaired) electrons. The van der Waals surface area contributed by atoms with E-state index < -0.39 is 0 Å². The van der Waals surface area contributed by atoms with Crippen molar-refractivity contribution < 1.29 is 0 Å². The van der Waals surface area contributed by atoms with E-state index in [-0.39, 0.29) is 5.54 Å². The Morgan fingerprint density at radius 3 is 2.31 bits per heavy atom. The van der Waals surface area contributed by atoms with Crippen molar-refractivity contribution in [3.63, 3.8) is 0 Å². The minimum atomic E-state index is -0.182. The van der Waals surface area contributed by atoms with E-state index in [0.29, 0.717) is 0 Å². The van der Waals surface area contributed by atoms with Gasteiger partial charge in [-0.05, 0) is 26.3 Å². The molecular formula is C10H21N3. The smallest absolute Gasteiger partial charge is 0.0583 e. The van der Waals surface area contributed by atoms with Gasteiger partial charge in [0, 0.05) is 11.7 Å². The maximum absolute atomic E-state index is 5.82. The molecular weight excluding hydrogens is 162 g/mol. The minimum absolute atomic E-state index is 0.182. The van der Waals surface area contributed by atoms with Crippen LogP contribution in [0.3, 0.4) is 0 Å². The molecule has 0 fully saturated rings. The molecule has 0 amide bonds. The lowest BCUT2D eigenvalue weighted by molar-refractivity contribution is 0.408. The third-order valence-corrected chi connectivity index (χ3v) is 1.33. The Morgan fingerprint density at radius 2 is 2.00 bits per heavy atom. The number of aryl methyl sites for hydroxylation is 1. The van der Waals surface area contributed by atoms with Crippen molar-refractivity contribution >= 4 is 0 Å². The van der Waals surface area contributed by atoms with E-state index in [1.165, 1.54) is 5.56 Å². The molecule has 1 rings (SSSR count). The van der Waals surface area contributed by atoms with E-state index in [0.717, 1.165) is 6.54 Å². The Kier molecular flexibility index (Phi) is 4.70. The normalized spacial score (nSPS) is 10.6. The number of hydrogen-bond donors (Lipinski definition) is 1. The van der Waals surface area contributed by atoms with E-state index in [4.69, 9.17) is 5.73 Å². The Balaban J connectivity index is 0.000000671. The lowest BCUT2D eigenvalue weighted by atomic mass is 10.1. The zero-order chi connectivity index (χ0) is 10.5. The third kappa shape index (κ3) is 5.42. The lowest BCUT2D eigenvalue weighted by Crippen LogP contribution is -2.37. The molecule has 0 bridgehead atoms. The van der Waals surface area contributed by atoms with Crippen molar-refractivity contribution in [1.82, 2.24) is 9.78 Å². The van der Waals surface area contributed by atoms with Crippen LogP contribution in [0.4, 0.5) is 0 Å². The van der Waals surface area contributed by atoms with Crippen molar-refractivity contribution in [3.05, 3.63) is 18.0 Å². The second kappa shape index (κ2) is 5.02. The van der Waals surface area contributed by atoms with E-state index in [2.05, 4.69) is 5.10 Å². The van der Waals surface area contributed by atoms with E-state index >= 15 is 0 Å². The fourth-order valence-electron chi connectivity index (χ4n) is 0.971. The summed E-state index contributed by atoms with van der Waals surface area (Å²) >= 11 is 0. The van der Waals surface area contributed by atoms with Crippen molar-refractivity contribution in [2.75, 3.05) is 0 Å². The molecule has 0 saturated carbocycles. The van der Waals surface area contributed by atoms with Gasteiger partial charge in [-0.25, -0.2) is 0 Å². The van der Waals surface area contributed by atoms with Crippen LogP contribution in [0.2, 0.25) is 0 Å². The van der Waals surface area contributed by atoms with Crippen LogP contribution in [-0.2, 0) is 6.54 Å². The molecule has 0 atom stereocenters. The lowest BCUT2D eigenvalue weighted by Gasteiger charge is -2.17. The number of nitrogens with two attached hydrogens (primary N) is 1. The van der Waals surface area contributed by atoms with Gasteiger partial charge in [0.1, 0.15) is 0 Å². The van der Waals surface area contributed by atoms with E-state index in [9.17, 15) is 0 Å². The summed E-state index contributed by atoms with van der Waals surface area (Å²) in [6.07, 6.45) is 3.83. The first-order valence-corrected chi connectivity index (χ1v) is 4.75. The predicted octanol–water partition coefficient (Wildman–Crippen LogP) is 1.96. The zero-order valence-electron chi connectivity index (χ0n) is 9.33. The summed E-state index contributed by atoms with van der Waals surface area (Å²) < 4.78 is 1.87. The largest absolute Gasteiger partial charge is 0.324 e. The van der Waals surface area contributed by atoms with Gasteiger partial charge in [-0.3, -0.25) is 4.68 Å². The maximum atomic E-state index is 5.82. The van der Waals surface area contributed by atoms with Crippen LogP contribution in [0.25, 0.3) is 0 Å². The van der Waals surface area contributed by atoms with Crippen LogP contribution < -0.4 is 5.73 Å². The Morgan fingerprint density at radius 1 is 1.46 bits per heavy atom. The molecule has 0 aromatic carbocycles. The van der Waals surface area contributed by atoms with Gasteiger partial charge in [0.2, 0.25) is 0 Å². The Labute approximate surface area is 80.9 Å². The third-order valence-electron chi connectivity index (χ3n) is 1.33. The summed E-state index contributed by atoms with van der Waals surface area (Å²) in [6.45, 7) is 10.8. The highest BCUT2D eigenvalue weighted by molar-refractivity contribution is 4.99. The summed E-state index contributed by atoms with van der Waals surface area (Å²) in [5.41, 5.74) is 6.81. The molecule has 3 heteroatoms. The quantitative estimate of drug-likeness (QED) is 0.761. The van der Waals surface area contributed by atoms with Gasteiger partial charge in [-0.15, -0.1) is 0 Å². The van der Waals surface area contributed by atoms with Crippen molar-refractivity contribution in [2.24, 2.45) is 5.73 Å². The van der Waals surface area contributed by atoms with Crippen LogP contribution in [0, 0.1) is 6.92 Å². The second-order valence-corrected chi connectivity index (χ2v) is 3.70. The highest BCUT2D eigenvalue weighted by atomic mass is 15.3. The van der Waals surface area contributed by atoms with Gasteiger partial charge in [0.15, 0.2) is 0 Å². The molecule has 0 aliphatic carbocycles. The first-order valence-electron chi connectivity index (χ1n) is 4.75. The van der Waals surface area contributed by atoms with Crippen LogP contribution in [0.15, 0.2) is 12.4 Å². The highest BCUT2D eigenvalue weighted by Crippen LogP contribution is 2.02. The first kappa shape index (κ1) is 12.2. The number of hydrogen-bond acceptors (Lipinski definition) is 2. The molecule has 1 aromatic heterocycles. The van der Waals surface area contributed by atoms with Crippen molar-refractivity contribution in [1.29, 1.82) is 0 Å². The van der Waals surface area contributed by atoms with Gasteiger partial charge in [0.25, 0.3) is 0 Å². The van der Waals surface area contributed by atoms with Gasteiger partial charge in [-0.1, -0.05) is 13.8 Å². The Hall–Kier alpha value is -0.830. The number of nitrogens with zero attached hydrogens (tertiary/aromatic N) is 2. The molecule has 2 N–H and O–H groups in total. The van der Waals surface area contributed by atoms with Crippen LogP contribution in [0.5, 0.6) is 0 Å². The van der Waals surface area contributed by atoms with E-state index in [1.807, 2.05) is 51.7 Å². The fraction of sp³-hybridized carbons (Fsp3) is 0.700. The standard InChI is InChI=1S/C8H15N3.C2H6/c1-7-4-10-11(5-7)6-8(2,3)9;1-2/h4-5H,6,9H2,1-3H3;1-2H3. The predicted molar refractivity (Wildman–Crippen MR) is 56.6 cm³/mol. The van der Waals surface area contributed by atoms with Crippen LogP contribution >= 0.6 is 0 Å². The highest BCUT2D eigenvalue weighted by Gasteiger charge is 2.11. The topological polar surface area (TPSA) is 43.8 Å². The Bertz CT molecular complexity index is 233. The van der Waals surface area contributed by atoms with E-state index in [1.54, 1.807) is 0 Å². The summed E-state index contributed by atoms with van der Waals surface area (Å²) in [5.74, 6) is 0. The molecule has 0 unspecified atom stereocenters. The molecule has 76 valence electrons. The van der Waals surface area contributed by atoms with Crippen molar-refractivity contribution in [2.45, 2.75) is 46.7 Å².